The molecule has 0 atom stereocenters. The van der Waals surface area contributed by atoms with Crippen LogP contribution in [0.4, 0.5) is 11.4 Å². The molecule has 0 saturated carbocycles. The summed E-state index contributed by atoms with van der Waals surface area (Å²) < 4.78 is 64.3. The highest BCUT2D eigenvalue weighted by Crippen LogP contribution is 2.38. The third kappa shape index (κ3) is 12.1. The lowest BCUT2D eigenvalue weighted by atomic mass is 10.1. The van der Waals surface area contributed by atoms with E-state index in [2.05, 4.69) is 20.4 Å². The number of aromatic hydroxyl groups is 1. The van der Waals surface area contributed by atoms with Gasteiger partial charge in [0, 0.05) is 65.8 Å². The largest absolute Gasteiger partial charge is 0.507 e. The fourth-order valence-electron chi connectivity index (χ4n) is 6.51. The maximum Gasteiger partial charge on any atom is 0.259 e. The summed E-state index contributed by atoms with van der Waals surface area (Å²) in [5.41, 5.74) is 1.80. The Bertz CT molecular complexity index is 2580. The Labute approximate surface area is 374 Å². The van der Waals surface area contributed by atoms with Gasteiger partial charge in [-0.3, -0.25) is 19.4 Å². The maximum atomic E-state index is 13.0. The number of phenols is 1. The van der Waals surface area contributed by atoms with Gasteiger partial charge in [-0.05, 0) is 77.9 Å². The van der Waals surface area contributed by atoms with Gasteiger partial charge in [-0.15, -0.1) is 0 Å². The van der Waals surface area contributed by atoms with E-state index in [0.717, 1.165) is 56.8 Å². The predicted molar refractivity (Wildman–Crippen MR) is 238 cm³/mol. The molecule has 330 valence electrons. The molecule has 8 rings (SSSR count). The van der Waals surface area contributed by atoms with E-state index in [-0.39, 0.29) is 44.0 Å². The van der Waals surface area contributed by atoms with Gasteiger partial charge in [-0.1, -0.05) is 46.9 Å². The summed E-state index contributed by atoms with van der Waals surface area (Å²) in [6.45, 7) is 8.81. The second-order valence-electron chi connectivity index (χ2n) is 14.0. The van der Waals surface area contributed by atoms with Crippen LogP contribution in [0.25, 0.3) is 12.2 Å². The number of fused-ring (bicyclic) bond motifs is 2. The number of aliphatic hydroxyl groups excluding tert-OH is 1. The number of sulfone groups is 2. The molecule has 4 heterocycles. The summed E-state index contributed by atoms with van der Waals surface area (Å²) in [6.07, 6.45) is 2.97. The van der Waals surface area contributed by atoms with Crippen LogP contribution in [0, 0.1) is 0 Å². The number of hydrogen-bond acceptors (Lipinski definition) is 13. The molecule has 0 aromatic heterocycles. The van der Waals surface area contributed by atoms with Gasteiger partial charge in [0.2, 0.25) is 19.7 Å². The number of hydrogen-bond donors (Lipinski definition) is 4. The molecule has 0 radical (unpaired) electrons. The molecule has 0 bridgehead atoms. The Morgan fingerprint density at radius 1 is 0.694 bits per heavy atom. The number of carbonyl (C=O) groups is 2. The molecule has 4 aliphatic rings. The highest BCUT2D eigenvalue weighted by molar-refractivity contribution is 7.95. The number of morpholine rings is 2. The first kappa shape index (κ1) is 47.0. The van der Waals surface area contributed by atoms with E-state index in [1.165, 1.54) is 42.5 Å². The molecule has 4 aliphatic heterocycles. The van der Waals surface area contributed by atoms with Crippen LogP contribution >= 0.6 is 34.8 Å². The van der Waals surface area contributed by atoms with Crippen molar-refractivity contribution in [3.8, 4) is 11.5 Å². The molecular weight excluding hydrogens is 907 g/mol. The van der Waals surface area contributed by atoms with E-state index in [1.54, 1.807) is 36.4 Å². The minimum atomic E-state index is -3.62. The van der Waals surface area contributed by atoms with E-state index in [9.17, 15) is 31.5 Å². The Morgan fingerprint density at radius 3 is 1.95 bits per heavy atom. The van der Waals surface area contributed by atoms with Crippen LogP contribution < -0.4 is 15.4 Å². The number of amides is 2. The summed E-state index contributed by atoms with van der Waals surface area (Å²) >= 11 is 18.2. The lowest BCUT2D eigenvalue weighted by molar-refractivity contribution is 0.0306. The Morgan fingerprint density at radius 2 is 1.27 bits per heavy atom. The number of ether oxygens (including phenoxy) is 3. The number of halogens is 3. The molecule has 4 aromatic rings. The van der Waals surface area contributed by atoms with Gasteiger partial charge in [0.05, 0.1) is 64.7 Å². The third-order valence-electron chi connectivity index (χ3n) is 9.77. The topological polar surface area (TPSA) is 201 Å². The van der Waals surface area contributed by atoms with E-state index in [0.29, 0.717) is 59.0 Å². The van der Waals surface area contributed by atoms with E-state index in [4.69, 9.17) is 54.1 Å². The van der Waals surface area contributed by atoms with Crippen LogP contribution in [-0.4, -0.2) is 128 Å². The summed E-state index contributed by atoms with van der Waals surface area (Å²) in [4.78, 5) is 29.7. The van der Waals surface area contributed by atoms with Gasteiger partial charge in [0.25, 0.3) is 11.8 Å². The third-order valence-corrected chi connectivity index (χ3v) is 13.7. The number of anilines is 2. The van der Waals surface area contributed by atoms with Crippen LogP contribution in [0.15, 0.2) is 87.3 Å². The standard InChI is InChI=1S/C21H20Cl2N2O5S.C15H10ClNO4S.C6H13NO2/c22-15-2-4-18(30-11-8-25-6-9-29-10-7-25)16(13-15)21(26)24-17-3-1-14-5-12-31(27,28)20(14)19(17)23;16-10-2-4-13(18)12(7-10)15(19)17-11-3-1-9-5-6-22(20,21)14(9)8-11;8-4-1-7-2-5-9-6-3-7/h1-5,12-13H,6-11H2,(H,24,26);1-8,18H,(H,17,19);8H,1-6H2. The molecule has 20 heteroatoms. The fraction of sp³-hybridized carbons (Fsp3) is 0.286. The van der Waals surface area contributed by atoms with Crippen molar-refractivity contribution >= 4 is 89.8 Å². The predicted octanol–water partition coefficient (Wildman–Crippen LogP) is 6.08. The monoisotopic (exact) mass is 948 g/mol. The van der Waals surface area contributed by atoms with Gasteiger partial charge in [0.1, 0.15) is 18.1 Å². The first-order valence-electron chi connectivity index (χ1n) is 19.2. The quantitative estimate of drug-likeness (QED) is 0.143. The highest BCUT2D eigenvalue weighted by atomic mass is 35.5. The normalized spacial score (nSPS) is 17.1. The van der Waals surface area contributed by atoms with Crippen LogP contribution in [-0.2, 0) is 29.1 Å². The Kier molecular flexibility index (Phi) is 16.1. The minimum absolute atomic E-state index is 0.00832. The molecule has 0 unspecified atom stereocenters. The van der Waals surface area contributed by atoms with Crippen molar-refractivity contribution in [1.29, 1.82) is 0 Å². The van der Waals surface area contributed by atoms with Crippen molar-refractivity contribution in [3.05, 3.63) is 115 Å². The number of carbonyl (C=O) groups excluding carboxylic acids is 2. The Balaban J connectivity index is 0.000000179. The number of nitrogens with one attached hydrogen (secondary N) is 2. The van der Waals surface area contributed by atoms with Crippen molar-refractivity contribution < 1.29 is 50.8 Å². The number of rotatable bonds is 10. The minimum Gasteiger partial charge on any atom is -0.507 e. The zero-order valence-corrected chi connectivity index (χ0v) is 37.0. The summed E-state index contributed by atoms with van der Waals surface area (Å²) in [6, 6.07) is 16.6. The van der Waals surface area contributed by atoms with Crippen LogP contribution in [0.1, 0.15) is 31.8 Å². The molecule has 0 aliphatic carbocycles. The first-order valence-corrected chi connectivity index (χ1v) is 23.5. The molecule has 2 saturated heterocycles. The van der Waals surface area contributed by atoms with E-state index < -0.39 is 31.5 Å². The zero-order valence-electron chi connectivity index (χ0n) is 33.1. The van der Waals surface area contributed by atoms with Gasteiger partial charge in [0.15, 0.2) is 0 Å². The summed E-state index contributed by atoms with van der Waals surface area (Å²) in [5.74, 6) is -0.920. The van der Waals surface area contributed by atoms with Crippen molar-refractivity contribution in [3.63, 3.8) is 0 Å². The lowest BCUT2D eigenvalue weighted by Crippen LogP contribution is -2.38. The van der Waals surface area contributed by atoms with Crippen LogP contribution in [0.5, 0.6) is 11.5 Å². The average molecular weight is 950 g/mol. The number of nitrogens with zero attached hydrogens (tertiary/aromatic N) is 2. The smallest absolute Gasteiger partial charge is 0.259 e. The van der Waals surface area contributed by atoms with Gasteiger partial charge in [-0.2, -0.15) is 0 Å². The van der Waals surface area contributed by atoms with Gasteiger partial charge in [-0.25, -0.2) is 16.8 Å². The number of benzene rings is 4. The molecule has 4 aromatic carbocycles. The first-order chi connectivity index (χ1) is 29.6. The van der Waals surface area contributed by atoms with E-state index >= 15 is 0 Å². The van der Waals surface area contributed by atoms with Crippen molar-refractivity contribution in [2.45, 2.75) is 9.79 Å². The highest BCUT2D eigenvalue weighted by Gasteiger charge is 2.27. The molecule has 2 amide bonds. The SMILES string of the molecule is O=C(Nc1ccc2c(c1)S(=O)(=O)C=C2)c1cc(Cl)ccc1O.O=C(Nc1ccc2c(c1Cl)S(=O)(=O)C=C2)c1cc(Cl)ccc1OCCN1CCOCC1.OCCN1CCOCC1. The van der Waals surface area contributed by atoms with Gasteiger partial charge >= 0.3 is 0 Å². The lowest BCUT2D eigenvalue weighted by Gasteiger charge is -2.26. The van der Waals surface area contributed by atoms with Crippen LogP contribution in [0.3, 0.4) is 0 Å². The number of aliphatic hydroxyl groups is 1. The average Bonchev–Trinajstić information content (AvgIpc) is 3.74. The number of phenolic OH excluding ortho intramolecular Hbond substituents is 1. The summed E-state index contributed by atoms with van der Waals surface area (Å²) in [5, 5.41) is 26.3. The molecule has 62 heavy (non-hydrogen) atoms. The molecular formula is C42H43Cl3N4O11S2. The molecule has 0 spiro atoms. The van der Waals surface area contributed by atoms with Crippen molar-refractivity contribution in [2.75, 3.05) is 89.5 Å². The molecule has 2 fully saturated rings. The second kappa shape index (κ2) is 21.2. The van der Waals surface area contributed by atoms with Crippen molar-refractivity contribution in [2.24, 2.45) is 0 Å². The van der Waals surface area contributed by atoms with Crippen LogP contribution in [0.2, 0.25) is 15.1 Å². The maximum absolute atomic E-state index is 13.0. The van der Waals surface area contributed by atoms with Gasteiger partial charge < -0.3 is 35.1 Å². The molecule has 15 nitrogen and oxygen atoms in total. The number of β-amino-alcohol motifs (C(OH)–C–C–N with tert-alkyl or cyclic N) is 1. The van der Waals surface area contributed by atoms with E-state index in [1.807, 2.05) is 0 Å². The van der Waals surface area contributed by atoms with Crippen molar-refractivity contribution in [1.82, 2.24) is 9.80 Å². The Hall–Kier alpha value is -4.53. The second-order valence-corrected chi connectivity index (χ2v) is 18.8. The fourth-order valence-corrected chi connectivity index (χ4v) is 9.91. The zero-order chi connectivity index (χ0) is 44.4. The molecule has 4 N–H and O–H groups in total. The summed E-state index contributed by atoms with van der Waals surface area (Å²) in [7, 11) is -7.07.